The lowest BCUT2D eigenvalue weighted by Gasteiger charge is -2.04. The summed E-state index contributed by atoms with van der Waals surface area (Å²) in [5.74, 6) is 0.687. The van der Waals surface area contributed by atoms with Gasteiger partial charge in [-0.15, -0.1) is 0 Å². The first-order chi connectivity index (χ1) is 5.34. The summed E-state index contributed by atoms with van der Waals surface area (Å²) in [6.07, 6.45) is 0.939. The molecule has 0 saturated heterocycles. The summed E-state index contributed by atoms with van der Waals surface area (Å²) >= 11 is 0. The predicted octanol–water partition coefficient (Wildman–Crippen LogP) is 1.98. The van der Waals surface area contributed by atoms with Crippen molar-refractivity contribution in [1.82, 2.24) is 0 Å². The Balaban J connectivity index is 2.62. The smallest absolute Gasteiger partial charge is 0.161 e. The predicted molar refractivity (Wildman–Crippen MR) is 42.7 cm³/mol. The zero-order valence-corrected chi connectivity index (χ0v) is 6.50. The van der Waals surface area contributed by atoms with Crippen molar-refractivity contribution in [1.29, 1.82) is 0 Å². The number of ether oxygens (including phenoxy) is 1. The zero-order chi connectivity index (χ0) is 8.10. The molecular formula is C9H11O2. The minimum Gasteiger partial charge on any atom is -0.504 e. The van der Waals surface area contributed by atoms with Gasteiger partial charge in [-0.3, -0.25) is 0 Å². The van der Waals surface area contributed by atoms with Crippen molar-refractivity contribution in [2.75, 3.05) is 6.61 Å². The highest BCUT2D eigenvalue weighted by Gasteiger charge is 1.97. The molecule has 1 radical (unpaired) electrons. The maximum absolute atomic E-state index is 9.19. The van der Waals surface area contributed by atoms with E-state index in [-0.39, 0.29) is 5.75 Å². The fourth-order valence-corrected chi connectivity index (χ4v) is 0.735. The maximum Gasteiger partial charge on any atom is 0.161 e. The lowest BCUT2D eigenvalue weighted by Crippen LogP contribution is -1.94. The van der Waals surface area contributed by atoms with E-state index in [1.165, 1.54) is 0 Å². The van der Waals surface area contributed by atoms with Crippen molar-refractivity contribution in [3.63, 3.8) is 0 Å². The van der Waals surface area contributed by atoms with Gasteiger partial charge < -0.3 is 9.84 Å². The quantitative estimate of drug-likeness (QED) is 0.715. The molecule has 1 aromatic carbocycles. The molecule has 0 unspecified atom stereocenters. The summed E-state index contributed by atoms with van der Waals surface area (Å²) in [5, 5.41) is 9.19. The second-order valence-electron chi connectivity index (χ2n) is 2.24. The minimum atomic E-state index is 0.178. The van der Waals surface area contributed by atoms with E-state index in [4.69, 9.17) is 4.74 Å². The number of rotatable bonds is 3. The van der Waals surface area contributed by atoms with Crippen LogP contribution < -0.4 is 4.74 Å². The first-order valence-corrected chi connectivity index (χ1v) is 3.66. The van der Waals surface area contributed by atoms with Gasteiger partial charge in [0.05, 0.1) is 6.61 Å². The average Bonchev–Trinajstić information content (AvgIpc) is 2.03. The third-order valence-electron chi connectivity index (χ3n) is 1.27. The third kappa shape index (κ3) is 2.15. The van der Waals surface area contributed by atoms with Crippen molar-refractivity contribution in [3.05, 3.63) is 24.3 Å². The maximum atomic E-state index is 9.19. The number of aromatic hydroxyl groups is 1. The first kappa shape index (κ1) is 7.92. The van der Waals surface area contributed by atoms with E-state index in [1.807, 2.05) is 6.92 Å². The second kappa shape index (κ2) is 3.86. The van der Waals surface area contributed by atoms with E-state index in [0.29, 0.717) is 12.4 Å². The van der Waals surface area contributed by atoms with Crippen molar-refractivity contribution >= 4 is 0 Å². The Morgan fingerprint density at radius 3 is 3.09 bits per heavy atom. The van der Waals surface area contributed by atoms with Crippen molar-refractivity contribution in [2.45, 2.75) is 13.3 Å². The Morgan fingerprint density at radius 1 is 1.64 bits per heavy atom. The van der Waals surface area contributed by atoms with Gasteiger partial charge in [-0.25, -0.2) is 0 Å². The molecule has 1 rings (SSSR count). The average molecular weight is 151 g/mol. The molecule has 0 saturated carbocycles. The standard InChI is InChI=1S/C9H11O2/c1-2-7-11-9-6-4-3-5-8(9)10/h3,5-6,10H,2,7H2,1H3. The lowest BCUT2D eigenvalue weighted by molar-refractivity contribution is 0.299. The number of benzene rings is 1. The van der Waals surface area contributed by atoms with Crippen LogP contribution in [0.3, 0.4) is 0 Å². The van der Waals surface area contributed by atoms with Crippen molar-refractivity contribution < 1.29 is 9.84 Å². The van der Waals surface area contributed by atoms with E-state index < -0.39 is 0 Å². The van der Waals surface area contributed by atoms with E-state index in [0.717, 1.165) is 6.42 Å². The van der Waals surface area contributed by atoms with Crippen LogP contribution in [0, 0.1) is 6.07 Å². The van der Waals surface area contributed by atoms with Gasteiger partial charge in [-0.1, -0.05) is 13.0 Å². The van der Waals surface area contributed by atoms with Gasteiger partial charge in [0.25, 0.3) is 0 Å². The van der Waals surface area contributed by atoms with Crippen LogP contribution in [0.5, 0.6) is 11.5 Å². The Hall–Kier alpha value is -1.18. The van der Waals surface area contributed by atoms with E-state index in [9.17, 15) is 5.11 Å². The second-order valence-corrected chi connectivity index (χ2v) is 2.24. The van der Waals surface area contributed by atoms with Crippen LogP contribution in [-0.2, 0) is 0 Å². The van der Waals surface area contributed by atoms with Gasteiger partial charge in [0.1, 0.15) is 0 Å². The van der Waals surface area contributed by atoms with Gasteiger partial charge in [-0.2, -0.15) is 0 Å². The van der Waals surface area contributed by atoms with Crippen LogP contribution in [0.25, 0.3) is 0 Å². The molecule has 1 aromatic rings. The molecular weight excluding hydrogens is 140 g/mol. The van der Waals surface area contributed by atoms with Crippen molar-refractivity contribution in [2.24, 2.45) is 0 Å². The van der Waals surface area contributed by atoms with Crippen molar-refractivity contribution in [3.8, 4) is 11.5 Å². The fraction of sp³-hybridized carbons (Fsp3) is 0.333. The number of phenols is 1. The summed E-state index contributed by atoms with van der Waals surface area (Å²) in [6.45, 7) is 2.65. The Bertz CT molecular complexity index is 221. The summed E-state index contributed by atoms with van der Waals surface area (Å²) in [7, 11) is 0. The number of hydrogen-bond acceptors (Lipinski definition) is 2. The fourth-order valence-electron chi connectivity index (χ4n) is 0.735. The van der Waals surface area contributed by atoms with Gasteiger partial charge in [-0.05, 0) is 24.6 Å². The molecule has 0 aliphatic heterocycles. The Labute approximate surface area is 66.4 Å². The molecule has 2 nitrogen and oxygen atoms in total. The molecule has 0 aliphatic carbocycles. The highest BCUT2D eigenvalue weighted by Crippen LogP contribution is 2.23. The highest BCUT2D eigenvalue weighted by atomic mass is 16.5. The molecule has 0 heterocycles. The molecule has 1 N–H and O–H groups in total. The monoisotopic (exact) mass is 151 g/mol. The molecule has 11 heavy (non-hydrogen) atoms. The number of hydrogen-bond donors (Lipinski definition) is 1. The summed E-state index contributed by atoms with van der Waals surface area (Å²) in [4.78, 5) is 0. The SMILES string of the molecule is CCCOc1c[c]ccc1O. The van der Waals surface area contributed by atoms with Crippen LogP contribution in [0.2, 0.25) is 0 Å². The Kier molecular flexibility index (Phi) is 2.78. The van der Waals surface area contributed by atoms with E-state index in [1.54, 1.807) is 18.2 Å². The minimum absolute atomic E-state index is 0.178. The molecule has 0 spiro atoms. The van der Waals surface area contributed by atoms with Crippen LogP contribution >= 0.6 is 0 Å². The molecule has 0 atom stereocenters. The van der Waals surface area contributed by atoms with Gasteiger partial charge >= 0.3 is 0 Å². The largest absolute Gasteiger partial charge is 0.504 e. The molecule has 0 amide bonds. The van der Waals surface area contributed by atoms with Gasteiger partial charge in [0.15, 0.2) is 11.5 Å². The third-order valence-corrected chi connectivity index (χ3v) is 1.27. The van der Waals surface area contributed by atoms with Gasteiger partial charge in [0.2, 0.25) is 0 Å². The number of phenolic OH excluding ortho intramolecular Hbond substituents is 1. The van der Waals surface area contributed by atoms with Crippen LogP contribution in [0.4, 0.5) is 0 Å². The first-order valence-electron chi connectivity index (χ1n) is 3.66. The summed E-state index contributed by atoms with van der Waals surface area (Å²) < 4.78 is 5.20. The van der Waals surface area contributed by atoms with Crippen LogP contribution in [-0.4, -0.2) is 11.7 Å². The van der Waals surface area contributed by atoms with Crippen LogP contribution in [0.15, 0.2) is 18.2 Å². The normalized spacial score (nSPS) is 9.55. The molecule has 0 aliphatic rings. The zero-order valence-electron chi connectivity index (χ0n) is 6.50. The summed E-state index contributed by atoms with van der Waals surface area (Å²) in [6, 6.07) is 7.66. The summed E-state index contributed by atoms with van der Waals surface area (Å²) in [5.41, 5.74) is 0. The molecule has 59 valence electrons. The van der Waals surface area contributed by atoms with E-state index >= 15 is 0 Å². The molecule has 0 bridgehead atoms. The van der Waals surface area contributed by atoms with Gasteiger partial charge in [0, 0.05) is 0 Å². The van der Waals surface area contributed by atoms with E-state index in [2.05, 4.69) is 6.07 Å². The Morgan fingerprint density at radius 2 is 2.45 bits per heavy atom. The lowest BCUT2D eigenvalue weighted by atomic mass is 10.3. The molecule has 0 fully saturated rings. The molecule has 0 aromatic heterocycles. The molecule has 2 heteroatoms. The highest BCUT2D eigenvalue weighted by molar-refractivity contribution is 5.37. The van der Waals surface area contributed by atoms with Crippen LogP contribution in [0.1, 0.15) is 13.3 Å². The topological polar surface area (TPSA) is 29.5 Å².